The standard InChI is InChI=1S/C23H21FN2O3/c24-18-7-6-16(13-25)21(12-18)22(27)17-10-19-8-9-20(11-17)26(19)23(28)29-14-15-4-2-1-3-5-15/h1-7,12,17,19-20H,8-11,14H2. The minimum Gasteiger partial charge on any atom is -0.445 e. The predicted octanol–water partition coefficient (Wildman–Crippen LogP) is 4.46. The maximum absolute atomic E-state index is 13.6. The van der Waals surface area contributed by atoms with Crippen LogP contribution in [0.3, 0.4) is 0 Å². The number of carbonyl (C=O) groups excluding carboxylic acids is 2. The van der Waals surface area contributed by atoms with E-state index < -0.39 is 5.82 Å². The summed E-state index contributed by atoms with van der Waals surface area (Å²) in [7, 11) is 0. The Labute approximate surface area is 168 Å². The molecule has 2 saturated heterocycles. The highest BCUT2D eigenvalue weighted by Crippen LogP contribution is 2.40. The van der Waals surface area contributed by atoms with Crippen LogP contribution in [0, 0.1) is 23.1 Å². The van der Waals surface area contributed by atoms with Crippen molar-refractivity contribution in [3.63, 3.8) is 0 Å². The molecule has 1 amide bonds. The van der Waals surface area contributed by atoms with Crippen LogP contribution < -0.4 is 0 Å². The van der Waals surface area contributed by atoms with E-state index in [9.17, 15) is 19.2 Å². The molecule has 2 atom stereocenters. The van der Waals surface area contributed by atoms with Crippen LogP contribution in [0.2, 0.25) is 0 Å². The molecule has 2 unspecified atom stereocenters. The molecule has 0 radical (unpaired) electrons. The van der Waals surface area contributed by atoms with E-state index in [1.165, 1.54) is 12.1 Å². The second kappa shape index (κ2) is 8.04. The van der Waals surface area contributed by atoms with Crippen molar-refractivity contribution in [2.24, 2.45) is 5.92 Å². The third-order valence-corrected chi connectivity index (χ3v) is 5.89. The number of hydrogen-bond donors (Lipinski definition) is 0. The number of carbonyl (C=O) groups is 2. The van der Waals surface area contributed by atoms with Gasteiger partial charge in [0.2, 0.25) is 0 Å². The van der Waals surface area contributed by atoms with E-state index in [4.69, 9.17) is 4.74 Å². The topological polar surface area (TPSA) is 70.4 Å². The number of ketones is 1. The second-order valence-electron chi connectivity index (χ2n) is 7.67. The summed E-state index contributed by atoms with van der Waals surface area (Å²) in [6.07, 6.45) is 2.32. The molecule has 2 fully saturated rings. The van der Waals surface area contributed by atoms with Gasteiger partial charge in [0.15, 0.2) is 5.78 Å². The zero-order chi connectivity index (χ0) is 20.4. The molecule has 0 saturated carbocycles. The quantitative estimate of drug-likeness (QED) is 0.721. The Kier molecular flexibility index (Phi) is 5.30. The van der Waals surface area contributed by atoms with Crippen molar-refractivity contribution in [1.82, 2.24) is 4.90 Å². The molecular weight excluding hydrogens is 371 g/mol. The summed E-state index contributed by atoms with van der Waals surface area (Å²) in [6, 6.07) is 15.0. The fourth-order valence-electron chi connectivity index (χ4n) is 4.52. The van der Waals surface area contributed by atoms with Gasteiger partial charge < -0.3 is 9.64 Å². The minimum absolute atomic E-state index is 0.0648. The van der Waals surface area contributed by atoms with Crippen LogP contribution in [-0.4, -0.2) is 28.9 Å². The zero-order valence-electron chi connectivity index (χ0n) is 15.9. The maximum atomic E-state index is 13.6. The van der Waals surface area contributed by atoms with Crippen molar-refractivity contribution in [1.29, 1.82) is 5.26 Å². The number of Topliss-reactive ketones (excluding diaryl/α,β-unsaturated/α-hetero) is 1. The van der Waals surface area contributed by atoms with Crippen molar-refractivity contribution in [3.8, 4) is 6.07 Å². The first-order valence-electron chi connectivity index (χ1n) is 9.79. The Hall–Kier alpha value is -3.20. The van der Waals surface area contributed by atoms with Gasteiger partial charge in [-0.2, -0.15) is 5.26 Å². The predicted molar refractivity (Wildman–Crippen MR) is 103 cm³/mol. The molecule has 0 N–H and O–H groups in total. The number of halogens is 1. The van der Waals surface area contributed by atoms with Crippen molar-refractivity contribution in [3.05, 3.63) is 71.0 Å². The lowest BCUT2D eigenvalue weighted by molar-refractivity contribution is 0.0485. The third-order valence-electron chi connectivity index (χ3n) is 5.89. The average molecular weight is 392 g/mol. The van der Waals surface area contributed by atoms with Crippen molar-refractivity contribution in [2.75, 3.05) is 0 Å². The summed E-state index contributed by atoms with van der Waals surface area (Å²) in [5, 5.41) is 9.25. The van der Waals surface area contributed by atoms with Crippen LogP contribution in [0.25, 0.3) is 0 Å². The van der Waals surface area contributed by atoms with Crippen molar-refractivity contribution < 1.29 is 18.7 Å². The summed E-state index contributed by atoms with van der Waals surface area (Å²) in [5.41, 5.74) is 1.25. The molecule has 2 aliphatic heterocycles. The Morgan fingerprint density at radius 3 is 2.45 bits per heavy atom. The number of piperidine rings is 1. The normalized spacial score (nSPS) is 22.8. The molecule has 0 aromatic heterocycles. The first-order valence-corrected chi connectivity index (χ1v) is 9.79. The first kappa shape index (κ1) is 19.1. The Morgan fingerprint density at radius 1 is 1.10 bits per heavy atom. The van der Waals surface area contributed by atoms with Gasteiger partial charge in [0.25, 0.3) is 0 Å². The molecule has 148 valence electrons. The molecule has 29 heavy (non-hydrogen) atoms. The summed E-state index contributed by atoms with van der Waals surface area (Å²) in [5.74, 6) is -1.06. The van der Waals surface area contributed by atoms with Gasteiger partial charge in [-0.1, -0.05) is 30.3 Å². The van der Waals surface area contributed by atoms with Crippen LogP contribution >= 0.6 is 0 Å². The van der Waals surface area contributed by atoms with E-state index in [1.807, 2.05) is 36.4 Å². The minimum atomic E-state index is -0.530. The Balaban J connectivity index is 1.44. The van der Waals surface area contributed by atoms with Crippen molar-refractivity contribution in [2.45, 2.75) is 44.4 Å². The van der Waals surface area contributed by atoms with E-state index >= 15 is 0 Å². The number of rotatable bonds is 4. The summed E-state index contributed by atoms with van der Waals surface area (Å²) < 4.78 is 19.1. The lowest BCUT2D eigenvalue weighted by atomic mass is 9.84. The number of ether oxygens (including phenoxy) is 1. The number of nitriles is 1. The van der Waals surface area contributed by atoms with Gasteiger partial charge in [-0.3, -0.25) is 4.79 Å². The van der Waals surface area contributed by atoms with E-state index in [0.29, 0.717) is 12.8 Å². The Bertz CT molecular complexity index is 956. The largest absolute Gasteiger partial charge is 0.445 e. The Morgan fingerprint density at radius 2 is 1.79 bits per heavy atom. The average Bonchev–Trinajstić information content (AvgIpc) is 3.01. The highest BCUT2D eigenvalue weighted by Gasteiger charge is 2.46. The van der Waals surface area contributed by atoms with E-state index in [1.54, 1.807) is 4.90 Å². The molecule has 5 nitrogen and oxygen atoms in total. The summed E-state index contributed by atoms with van der Waals surface area (Å²) in [6.45, 7) is 0.215. The highest BCUT2D eigenvalue weighted by atomic mass is 19.1. The first-order chi connectivity index (χ1) is 14.1. The molecule has 0 aliphatic carbocycles. The second-order valence-corrected chi connectivity index (χ2v) is 7.67. The maximum Gasteiger partial charge on any atom is 0.410 e. The van der Waals surface area contributed by atoms with Crippen molar-refractivity contribution >= 4 is 11.9 Å². The van der Waals surface area contributed by atoms with Crippen LogP contribution in [0.5, 0.6) is 0 Å². The fraction of sp³-hybridized carbons (Fsp3) is 0.348. The van der Waals surface area contributed by atoms with E-state index in [-0.39, 0.29) is 47.6 Å². The van der Waals surface area contributed by atoms with E-state index in [0.717, 1.165) is 24.5 Å². The lowest BCUT2D eigenvalue weighted by Crippen LogP contribution is -2.48. The van der Waals surface area contributed by atoms with Crippen LogP contribution in [-0.2, 0) is 11.3 Å². The van der Waals surface area contributed by atoms with Gasteiger partial charge in [-0.15, -0.1) is 0 Å². The SMILES string of the molecule is N#Cc1ccc(F)cc1C(=O)C1CC2CCC(C1)N2C(=O)OCc1ccccc1. The monoisotopic (exact) mass is 392 g/mol. The van der Waals surface area contributed by atoms with Gasteiger partial charge in [-0.25, -0.2) is 9.18 Å². The smallest absolute Gasteiger partial charge is 0.410 e. The molecule has 2 heterocycles. The van der Waals surface area contributed by atoms with Crippen LogP contribution in [0.1, 0.15) is 47.2 Å². The van der Waals surface area contributed by atoms with Gasteiger partial charge in [-0.05, 0) is 49.4 Å². The summed E-state index contributed by atoms with van der Waals surface area (Å²) >= 11 is 0. The number of hydrogen-bond acceptors (Lipinski definition) is 4. The molecule has 2 aliphatic rings. The number of amides is 1. The van der Waals surface area contributed by atoms with Gasteiger partial charge >= 0.3 is 6.09 Å². The number of benzene rings is 2. The third kappa shape index (κ3) is 3.86. The molecule has 0 spiro atoms. The molecule has 4 rings (SSSR count). The lowest BCUT2D eigenvalue weighted by Gasteiger charge is -2.37. The zero-order valence-corrected chi connectivity index (χ0v) is 15.9. The molecule has 2 aromatic rings. The van der Waals surface area contributed by atoms with Crippen LogP contribution in [0.4, 0.5) is 9.18 Å². The number of nitrogens with zero attached hydrogens (tertiary/aromatic N) is 2. The fourth-order valence-corrected chi connectivity index (χ4v) is 4.52. The van der Waals surface area contributed by atoms with Gasteiger partial charge in [0.05, 0.1) is 11.6 Å². The molecule has 2 bridgehead atoms. The molecule has 6 heteroatoms. The van der Waals surface area contributed by atoms with Gasteiger partial charge in [0, 0.05) is 23.6 Å². The van der Waals surface area contributed by atoms with Gasteiger partial charge in [0.1, 0.15) is 12.4 Å². The van der Waals surface area contributed by atoms with E-state index in [2.05, 4.69) is 0 Å². The van der Waals surface area contributed by atoms with Crippen LogP contribution in [0.15, 0.2) is 48.5 Å². The molecular formula is C23H21FN2O3. The highest BCUT2D eigenvalue weighted by molar-refractivity contribution is 6.00. The molecule has 2 aromatic carbocycles. The summed E-state index contributed by atoms with van der Waals surface area (Å²) in [4.78, 5) is 27.4. The number of fused-ring (bicyclic) bond motifs is 2.